The largest absolute Gasteiger partial charge is 0.469 e. The number of aliphatic hydroxyl groups excluding tert-OH is 1. The van der Waals surface area contributed by atoms with Gasteiger partial charge in [-0.1, -0.05) is 0 Å². The Kier molecular flexibility index (Phi) is 2.76. The third-order valence-electron chi connectivity index (χ3n) is 3.34. The fourth-order valence-electron chi connectivity index (χ4n) is 2.18. The van der Waals surface area contributed by atoms with Gasteiger partial charge in [0.15, 0.2) is 0 Å². The van der Waals surface area contributed by atoms with Crippen molar-refractivity contribution in [1.29, 1.82) is 0 Å². The van der Waals surface area contributed by atoms with Crippen molar-refractivity contribution in [1.82, 2.24) is 4.90 Å². The van der Waals surface area contributed by atoms with Crippen molar-refractivity contribution in [2.75, 3.05) is 6.54 Å². The van der Waals surface area contributed by atoms with Gasteiger partial charge in [-0.25, -0.2) is 0 Å². The molecule has 0 bridgehead atoms. The second-order valence-electron chi connectivity index (χ2n) is 4.76. The lowest BCUT2D eigenvalue weighted by Crippen LogP contribution is -2.48. The average molecular weight is 223 g/mol. The van der Waals surface area contributed by atoms with Crippen LogP contribution in [0.1, 0.15) is 26.0 Å². The maximum absolute atomic E-state index is 12.0. The number of carbonyl (C=O) groups is 1. The first-order chi connectivity index (χ1) is 7.51. The minimum absolute atomic E-state index is 0.0106. The molecule has 1 unspecified atom stereocenters. The van der Waals surface area contributed by atoms with Crippen molar-refractivity contribution in [3.05, 3.63) is 24.2 Å². The van der Waals surface area contributed by atoms with E-state index in [1.807, 2.05) is 13.8 Å². The maximum atomic E-state index is 12.0. The van der Waals surface area contributed by atoms with E-state index in [0.29, 0.717) is 18.7 Å². The van der Waals surface area contributed by atoms with Crippen LogP contribution in [-0.2, 0) is 11.2 Å². The standard InChI is InChI=1S/C12H17NO3/c1-12(2)10(14)5-6-13(12)11(15)8-9-4-3-7-16-9/h3-4,7,10,14H,5-6,8H2,1-2H3. The molecule has 1 saturated heterocycles. The van der Waals surface area contributed by atoms with E-state index in [4.69, 9.17) is 4.42 Å². The molecule has 88 valence electrons. The number of aliphatic hydroxyl groups is 1. The zero-order valence-electron chi connectivity index (χ0n) is 9.64. The van der Waals surface area contributed by atoms with Gasteiger partial charge in [0.2, 0.25) is 5.91 Å². The van der Waals surface area contributed by atoms with Gasteiger partial charge in [0.25, 0.3) is 0 Å². The first-order valence-electron chi connectivity index (χ1n) is 5.52. The number of hydrogen-bond acceptors (Lipinski definition) is 3. The summed E-state index contributed by atoms with van der Waals surface area (Å²) in [5, 5.41) is 9.79. The lowest BCUT2D eigenvalue weighted by Gasteiger charge is -2.33. The Hall–Kier alpha value is -1.29. The number of rotatable bonds is 2. The summed E-state index contributed by atoms with van der Waals surface area (Å²) in [6, 6.07) is 3.56. The van der Waals surface area contributed by atoms with Crippen LogP contribution in [0.15, 0.2) is 22.8 Å². The molecule has 0 aromatic carbocycles. The summed E-state index contributed by atoms with van der Waals surface area (Å²) in [7, 11) is 0. The molecule has 1 aliphatic rings. The fraction of sp³-hybridized carbons (Fsp3) is 0.583. The van der Waals surface area contributed by atoms with Crippen LogP contribution in [-0.4, -0.2) is 34.1 Å². The topological polar surface area (TPSA) is 53.7 Å². The quantitative estimate of drug-likeness (QED) is 0.819. The van der Waals surface area contributed by atoms with E-state index >= 15 is 0 Å². The Labute approximate surface area is 94.9 Å². The highest BCUT2D eigenvalue weighted by Crippen LogP contribution is 2.29. The average Bonchev–Trinajstić information content (AvgIpc) is 2.77. The molecule has 0 aliphatic carbocycles. The molecule has 1 N–H and O–H groups in total. The first kappa shape index (κ1) is 11.2. The molecule has 1 aromatic rings. The van der Waals surface area contributed by atoms with Crippen LogP contribution in [0.25, 0.3) is 0 Å². The van der Waals surface area contributed by atoms with E-state index in [1.54, 1.807) is 23.3 Å². The predicted octanol–water partition coefficient (Wildman–Crippen LogP) is 1.19. The van der Waals surface area contributed by atoms with Gasteiger partial charge in [-0.15, -0.1) is 0 Å². The molecule has 1 fully saturated rings. The van der Waals surface area contributed by atoms with Gasteiger partial charge in [-0.2, -0.15) is 0 Å². The molecule has 1 atom stereocenters. The van der Waals surface area contributed by atoms with E-state index in [2.05, 4.69) is 0 Å². The Bertz CT molecular complexity index is 370. The Morgan fingerprint density at radius 3 is 2.94 bits per heavy atom. The normalized spacial score (nSPS) is 23.7. The van der Waals surface area contributed by atoms with Crippen molar-refractivity contribution < 1.29 is 14.3 Å². The molecule has 16 heavy (non-hydrogen) atoms. The van der Waals surface area contributed by atoms with E-state index in [0.717, 1.165) is 0 Å². The van der Waals surface area contributed by atoms with Crippen molar-refractivity contribution in [2.45, 2.75) is 38.3 Å². The van der Waals surface area contributed by atoms with Crippen molar-refractivity contribution >= 4 is 5.91 Å². The van der Waals surface area contributed by atoms with Crippen LogP contribution in [0.3, 0.4) is 0 Å². The lowest BCUT2D eigenvalue weighted by atomic mass is 9.98. The van der Waals surface area contributed by atoms with Crippen molar-refractivity contribution in [2.24, 2.45) is 0 Å². The summed E-state index contributed by atoms with van der Waals surface area (Å²) in [6.07, 6.45) is 2.04. The number of amides is 1. The third kappa shape index (κ3) is 1.85. The summed E-state index contributed by atoms with van der Waals surface area (Å²) in [6.45, 7) is 4.41. The number of hydrogen-bond donors (Lipinski definition) is 1. The second-order valence-corrected chi connectivity index (χ2v) is 4.76. The molecule has 0 spiro atoms. The summed E-state index contributed by atoms with van der Waals surface area (Å²) in [5.41, 5.74) is -0.469. The number of likely N-dealkylation sites (tertiary alicyclic amines) is 1. The highest BCUT2D eigenvalue weighted by Gasteiger charge is 2.42. The maximum Gasteiger partial charge on any atom is 0.230 e. The van der Waals surface area contributed by atoms with Gasteiger partial charge in [0, 0.05) is 6.54 Å². The summed E-state index contributed by atoms with van der Waals surface area (Å²) >= 11 is 0. The lowest BCUT2D eigenvalue weighted by molar-refractivity contribution is -0.135. The van der Waals surface area contributed by atoms with Crippen LogP contribution < -0.4 is 0 Å². The van der Waals surface area contributed by atoms with Gasteiger partial charge in [-0.05, 0) is 32.4 Å². The summed E-state index contributed by atoms with van der Waals surface area (Å²) < 4.78 is 5.15. The minimum atomic E-state index is -0.469. The molecule has 4 heteroatoms. The Balaban J connectivity index is 2.06. The molecule has 2 heterocycles. The number of nitrogens with zero attached hydrogens (tertiary/aromatic N) is 1. The summed E-state index contributed by atoms with van der Waals surface area (Å²) in [4.78, 5) is 13.8. The zero-order chi connectivity index (χ0) is 11.8. The SMILES string of the molecule is CC1(C)C(O)CCN1C(=O)Cc1ccco1. The van der Waals surface area contributed by atoms with Crippen LogP contribution >= 0.6 is 0 Å². The van der Waals surface area contributed by atoms with Crippen molar-refractivity contribution in [3.63, 3.8) is 0 Å². The molecule has 1 amide bonds. The number of furan rings is 1. The van der Waals surface area contributed by atoms with Crippen LogP contribution in [0, 0.1) is 0 Å². The summed E-state index contributed by atoms with van der Waals surface area (Å²) in [5.74, 6) is 0.679. The van der Waals surface area contributed by atoms with E-state index in [9.17, 15) is 9.90 Å². The van der Waals surface area contributed by atoms with Gasteiger partial charge in [0.05, 0.1) is 24.3 Å². The van der Waals surface area contributed by atoms with Crippen LogP contribution in [0.5, 0.6) is 0 Å². The second kappa shape index (κ2) is 3.94. The smallest absolute Gasteiger partial charge is 0.230 e. The fourth-order valence-corrected chi connectivity index (χ4v) is 2.18. The van der Waals surface area contributed by atoms with Crippen LogP contribution in [0.2, 0.25) is 0 Å². The molecular weight excluding hydrogens is 206 g/mol. The highest BCUT2D eigenvalue weighted by molar-refractivity contribution is 5.79. The van der Waals surface area contributed by atoms with Gasteiger partial charge >= 0.3 is 0 Å². The molecule has 2 rings (SSSR count). The van der Waals surface area contributed by atoms with Crippen molar-refractivity contribution in [3.8, 4) is 0 Å². The molecule has 1 aromatic heterocycles. The minimum Gasteiger partial charge on any atom is -0.469 e. The number of carbonyl (C=O) groups excluding carboxylic acids is 1. The zero-order valence-corrected chi connectivity index (χ0v) is 9.64. The van der Waals surface area contributed by atoms with Gasteiger partial charge < -0.3 is 14.4 Å². The van der Waals surface area contributed by atoms with Gasteiger partial charge in [-0.3, -0.25) is 4.79 Å². The monoisotopic (exact) mass is 223 g/mol. The Morgan fingerprint density at radius 1 is 1.69 bits per heavy atom. The highest BCUT2D eigenvalue weighted by atomic mass is 16.3. The molecule has 1 aliphatic heterocycles. The van der Waals surface area contributed by atoms with E-state index < -0.39 is 11.6 Å². The molecule has 4 nitrogen and oxygen atoms in total. The predicted molar refractivity (Wildman–Crippen MR) is 58.8 cm³/mol. The van der Waals surface area contributed by atoms with E-state index in [1.165, 1.54) is 0 Å². The van der Waals surface area contributed by atoms with Crippen LogP contribution in [0.4, 0.5) is 0 Å². The Morgan fingerprint density at radius 2 is 2.44 bits per heavy atom. The first-order valence-corrected chi connectivity index (χ1v) is 5.52. The van der Waals surface area contributed by atoms with Gasteiger partial charge in [0.1, 0.15) is 5.76 Å². The molecular formula is C12H17NO3. The molecule has 0 saturated carbocycles. The molecule has 0 radical (unpaired) electrons. The van der Waals surface area contributed by atoms with E-state index in [-0.39, 0.29) is 12.3 Å². The third-order valence-corrected chi connectivity index (χ3v) is 3.34.